The average Bonchev–Trinajstić information content (AvgIpc) is 2.40. The summed E-state index contributed by atoms with van der Waals surface area (Å²) in [6.45, 7) is 0.765. The number of aldehydes is 1. The van der Waals surface area contributed by atoms with E-state index < -0.39 is 5.97 Å². The van der Waals surface area contributed by atoms with Gasteiger partial charge in [-0.25, -0.2) is 0 Å². The predicted molar refractivity (Wildman–Crippen MR) is 68.4 cm³/mol. The maximum atomic E-state index is 11.0. The van der Waals surface area contributed by atoms with E-state index in [1.807, 2.05) is 0 Å². The molecule has 1 N–H and O–H groups in total. The van der Waals surface area contributed by atoms with Crippen molar-refractivity contribution in [2.75, 3.05) is 13.2 Å². The van der Waals surface area contributed by atoms with Gasteiger partial charge in [0.25, 0.3) is 0 Å². The highest BCUT2D eigenvalue weighted by atomic mass is 35.5. The summed E-state index contributed by atoms with van der Waals surface area (Å²) in [5.41, 5.74) is 1.05. The fourth-order valence-corrected chi connectivity index (χ4v) is 2.29. The number of hydrogen-bond acceptors (Lipinski definition) is 4. The predicted octanol–water partition coefficient (Wildman–Crippen LogP) is 2.33. The van der Waals surface area contributed by atoms with Crippen molar-refractivity contribution in [2.24, 2.45) is 0 Å². The summed E-state index contributed by atoms with van der Waals surface area (Å²) in [6.07, 6.45) is 1.64. The average molecular weight is 285 g/mol. The van der Waals surface area contributed by atoms with Gasteiger partial charge in [-0.05, 0) is 18.9 Å². The van der Waals surface area contributed by atoms with Crippen LogP contribution in [0.5, 0.6) is 11.5 Å². The molecule has 102 valence electrons. The first-order chi connectivity index (χ1) is 9.13. The van der Waals surface area contributed by atoms with Crippen LogP contribution in [-0.4, -0.2) is 30.6 Å². The van der Waals surface area contributed by atoms with E-state index in [-0.39, 0.29) is 6.42 Å². The molecule has 19 heavy (non-hydrogen) atoms. The van der Waals surface area contributed by atoms with Gasteiger partial charge in [0.05, 0.1) is 5.56 Å². The van der Waals surface area contributed by atoms with Gasteiger partial charge in [0.1, 0.15) is 13.2 Å². The molecule has 0 aliphatic carbocycles. The van der Waals surface area contributed by atoms with Gasteiger partial charge in [-0.2, -0.15) is 0 Å². The van der Waals surface area contributed by atoms with Crippen molar-refractivity contribution in [3.63, 3.8) is 0 Å². The Labute approximate surface area is 115 Å². The third kappa shape index (κ3) is 2.98. The van der Waals surface area contributed by atoms with Gasteiger partial charge in [-0.15, -0.1) is 0 Å². The third-order valence-electron chi connectivity index (χ3n) is 2.83. The third-order valence-corrected chi connectivity index (χ3v) is 3.17. The van der Waals surface area contributed by atoms with Gasteiger partial charge >= 0.3 is 5.97 Å². The molecule has 0 bridgehead atoms. The Morgan fingerprint density at radius 2 is 2.05 bits per heavy atom. The maximum Gasteiger partial charge on any atom is 0.303 e. The number of carbonyl (C=O) groups is 2. The number of fused-ring (bicyclic) bond motifs is 1. The van der Waals surface area contributed by atoms with Crippen LogP contribution < -0.4 is 9.47 Å². The summed E-state index contributed by atoms with van der Waals surface area (Å²) in [5.74, 6) is 0.00823. The summed E-state index contributed by atoms with van der Waals surface area (Å²) in [7, 11) is 0. The molecule has 1 heterocycles. The highest BCUT2D eigenvalue weighted by Gasteiger charge is 2.22. The monoisotopic (exact) mass is 284 g/mol. The molecule has 0 aromatic heterocycles. The molecule has 0 saturated carbocycles. The summed E-state index contributed by atoms with van der Waals surface area (Å²) in [4.78, 5) is 21.5. The Hall–Kier alpha value is -1.75. The molecule has 0 atom stereocenters. The lowest BCUT2D eigenvalue weighted by atomic mass is 10.0. The summed E-state index contributed by atoms with van der Waals surface area (Å²) >= 11 is 6.12. The normalized spacial score (nSPS) is 13.1. The van der Waals surface area contributed by atoms with E-state index in [1.165, 1.54) is 6.07 Å². The molecule has 6 heteroatoms. The van der Waals surface area contributed by atoms with E-state index in [0.717, 1.165) is 0 Å². The molecule has 1 aromatic rings. The second kappa shape index (κ2) is 5.93. The molecule has 0 fully saturated rings. The lowest BCUT2D eigenvalue weighted by molar-refractivity contribution is -0.137. The molecule has 0 amide bonds. The lowest BCUT2D eigenvalue weighted by Crippen LogP contribution is -2.18. The van der Waals surface area contributed by atoms with Crippen molar-refractivity contribution in [2.45, 2.75) is 19.3 Å². The van der Waals surface area contributed by atoms with Crippen molar-refractivity contribution >= 4 is 23.9 Å². The van der Waals surface area contributed by atoms with Crippen molar-refractivity contribution < 1.29 is 24.2 Å². The number of benzene rings is 1. The second-order valence-electron chi connectivity index (χ2n) is 4.15. The molecular weight excluding hydrogens is 272 g/mol. The Balaban J connectivity index is 2.31. The van der Waals surface area contributed by atoms with Gasteiger partial charge in [0.2, 0.25) is 0 Å². The fraction of sp³-hybridized carbons (Fsp3) is 0.385. The van der Waals surface area contributed by atoms with Crippen molar-refractivity contribution in [1.82, 2.24) is 0 Å². The fourth-order valence-electron chi connectivity index (χ4n) is 1.99. The van der Waals surface area contributed by atoms with Crippen LogP contribution in [0, 0.1) is 0 Å². The first-order valence-corrected chi connectivity index (χ1v) is 6.29. The van der Waals surface area contributed by atoms with Gasteiger partial charge in [0, 0.05) is 17.0 Å². The van der Waals surface area contributed by atoms with E-state index in [1.54, 1.807) is 0 Å². The van der Waals surface area contributed by atoms with Gasteiger partial charge < -0.3 is 14.6 Å². The largest absolute Gasteiger partial charge is 0.486 e. The minimum Gasteiger partial charge on any atom is -0.486 e. The maximum absolute atomic E-state index is 11.0. The molecular formula is C13H13ClO5. The Morgan fingerprint density at radius 3 is 2.68 bits per heavy atom. The smallest absolute Gasteiger partial charge is 0.303 e. The first kappa shape index (κ1) is 13.7. The van der Waals surface area contributed by atoms with Crippen LogP contribution in [0.1, 0.15) is 28.8 Å². The molecule has 0 spiro atoms. The van der Waals surface area contributed by atoms with Crippen LogP contribution >= 0.6 is 11.6 Å². The van der Waals surface area contributed by atoms with Gasteiger partial charge in [-0.3, -0.25) is 9.59 Å². The van der Waals surface area contributed by atoms with Crippen LogP contribution in [0.3, 0.4) is 0 Å². The Morgan fingerprint density at radius 1 is 1.37 bits per heavy atom. The summed E-state index contributed by atoms with van der Waals surface area (Å²) < 4.78 is 11.0. The summed E-state index contributed by atoms with van der Waals surface area (Å²) in [6, 6.07) is 1.53. The van der Waals surface area contributed by atoms with Crippen molar-refractivity contribution in [3.8, 4) is 11.5 Å². The number of aliphatic carboxylic acids is 1. The zero-order valence-electron chi connectivity index (χ0n) is 10.1. The SMILES string of the molecule is O=Cc1cc(Cl)c(CCCC(=O)O)c2c1OCCO2. The molecule has 0 radical (unpaired) electrons. The highest BCUT2D eigenvalue weighted by Crippen LogP contribution is 2.41. The lowest BCUT2D eigenvalue weighted by Gasteiger charge is -2.23. The van der Waals surface area contributed by atoms with Crippen LogP contribution in [-0.2, 0) is 11.2 Å². The van der Waals surface area contributed by atoms with Crippen LogP contribution in [0.2, 0.25) is 5.02 Å². The Kier molecular flexibility index (Phi) is 4.27. The Bertz CT molecular complexity index is 512. The van der Waals surface area contributed by atoms with E-state index in [2.05, 4.69) is 0 Å². The molecule has 1 aliphatic heterocycles. The zero-order chi connectivity index (χ0) is 13.8. The minimum absolute atomic E-state index is 0.0569. The number of carboxylic acids is 1. The molecule has 0 unspecified atom stereocenters. The zero-order valence-corrected chi connectivity index (χ0v) is 10.9. The first-order valence-electron chi connectivity index (χ1n) is 5.91. The number of carboxylic acid groups (broad SMARTS) is 1. The molecule has 5 nitrogen and oxygen atoms in total. The number of ether oxygens (including phenoxy) is 2. The number of rotatable bonds is 5. The standard InChI is InChI=1S/C13H13ClO5/c14-10-6-8(7-15)12-13(19-5-4-18-12)9(10)2-1-3-11(16)17/h6-7H,1-5H2,(H,16,17). The van der Waals surface area contributed by atoms with E-state index in [9.17, 15) is 9.59 Å². The van der Waals surface area contributed by atoms with Gasteiger partial charge in [0.15, 0.2) is 17.8 Å². The number of carbonyl (C=O) groups excluding carboxylic acids is 1. The van der Waals surface area contributed by atoms with Gasteiger partial charge in [-0.1, -0.05) is 11.6 Å². The number of halogens is 1. The van der Waals surface area contributed by atoms with E-state index in [0.29, 0.717) is 60.0 Å². The van der Waals surface area contributed by atoms with E-state index in [4.69, 9.17) is 26.2 Å². The second-order valence-corrected chi connectivity index (χ2v) is 4.55. The van der Waals surface area contributed by atoms with Crippen LogP contribution in [0.15, 0.2) is 6.07 Å². The van der Waals surface area contributed by atoms with Crippen molar-refractivity contribution in [3.05, 3.63) is 22.2 Å². The molecule has 0 saturated heterocycles. The molecule has 1 aliphatic rings. The topological polar surface area (TPSA) is 72.8 Å². The molecule has 2 rings (SSSR count). The number of hydrogen-bond donors (Lipinski definition) is 1. The quantitative estimate of drug-likeness (QED) is 0.840. The van der Waals surface area contributed by atoms with Crippen LogP contribution in [0.4, 0.5) is 0 Å². The summed E-state index contributed by atoms with van der Waals surface area (Å²) in [5, 5.41) is 9.05. The highest BCUT2D eigenvalue weighted by molar-refractivity contribution is 6.32. The van der Waals surface area contributed by atoms with Crippen LogP contribution in [0.25, 0.3) is 0 Å². The minimum atomic E-state index is -0.855. The van der Waals surface area contributed by atoms with E-state index >= 15 is 0 Å². The van der Waals surface area contributed by atoms with Crippen molar-refractivity contribution in [1.29, 1.82) is 0 Å². The molecule has 1 aromatic carbocycles.